The molecule has 0 unspecified atom stereocenters. The number of rotatable bonds is 5. The minimum absolute atomic E-state index is 0.0152. The van der Waals surface area contributed by atoms with E-state index >= 15 is 0 Å². The molecule has 0 spiro atoms. The molecular formula is C16H17O2S+. The molecule has 1 N–H and O–H groups in total. The van der Waals surface area contributed by atoms with E-state index in [2.05, 4.69) is 24.3 Å². The molecule has 0 aliphatic carbocycles. The summed E-state index contributed by atoms with van der Waals surface area (Å²) in [5.41, 5.74) is 0. The second kappa shape index (κ2) is 6.90. The Morgan fingerprint density at radius 1 is 1.00 bits per heavy atom. The molecule has 98 valence electrons. The van der Waals surface area contributed by atoms with Gasteiger partial charge in [0, 0.05) is 0 Å². The number of aliphatic hydroxyl groups excluding tert-OH is 1. The molecule has 3 heteroatoms. The minimum Gasteiger partial charge on any atom is -0.478 e. The molecule has 0 atom stereocenters. The molecule has 0 fully saturated rings. The van der Waals surface area contributed by atoms with Crippen LogP contribution in [-0.2, 0) is 15.6 Å². The van der Waals surface area contributed by atoms with E-state index in [0.717, 1.165) is 9.79 Å². The van der Waals surface area contributed by atoms with Crippen LogP contribution in [0.3, 0.4) is 0 Å². The van der Waals surface area contributed by atoms with Crippen molar-refractivity contribution in [2.45, 2.75) is 16.7 Å². The largest absolute Gasteiger partial charge is 0.478 e. The molecule has 0 saturated heterocycles. The Morgan fingerprint density at radius 3 is 1.89 bits per heavy atom. The average Bonchev–Trinajstić information content (AvgIpc) is 2.47. The lowest BCUT2D eigenvalue weighted by molar-refractivity contribution is 0.104. The lowest BCUT2D eigenvalue weighted by atomic mass is 10.4. The summed E-state index contributed by atoms with van der Waals surface area (Å²) in [6.45, 7) is 2.32. The summed E-state index contributed by atoms with van der Waals surface area (Å²) in [6, 6.07) is 20.2. The summed E-state index contributed by atoms with van der Waals surface area (Å²) < 4.78 is 5.14. The van der Waals surface area contributed by atoms with Gasteiger partial charge in [-0.2, -0.15) is 0 Å². The number of hydrogen-bond donors (Lipinski definition) is 1. The lowest BCUT2D eigenvalue weighted by Crippen LogP contribution is -2.02. The van der Waals surface area contributed by atoms with E-state index in [1.54, 1.807) is 5.41 Å². The van der Waals surface area contributed by atoms with Gasteiger partial charge in [0.2, 0.25) is 5.41 Å². The van der Waals surface area contributed by atoms with Crippen molar-refractivity contribution in [1.82, 2.24) is 0 Å². The van der Waals surface area contributed by atoms with Crippen LogP contribution in [0.4, 0.5) is 0 Å². The molecule has 19 heavy (non-hydrogen) atoms. The summed E-state index contributed by atoms with van der Waals surface area (Å²) >= 11 is 0. The number of benzene rings is 2. The van der Waals surface area contributed by atoms with Crippen molar-refractivity contribution in [2.75, 3.05) is 6.61 Å². The monoisotopic (exact) mass is 273 g/mol. The molecule has 0 heterocycles. The van der Waals surface area contributed by atoms with Gasteiger partial charge in [0.1, 0.15) is 0 Å². The lowest BCUT2D eigenvalue weighted by Gasteiger charge is -2.04. The van der Waals surface area contributed by atoms with Crippen LogP contribution in [0.5, 0.6) is 0 Å². The van der Waals surface area contributed by atoms with E-state index in [1.807, 2.05) is 43.3 Å². The SMILES string of the molecule is CCO/C(O)=C/[S+](c1ccccc1)c1ccccc1. The van der Waals surface area contributed by atoms with Gasteiger partial charge in [0.05, 0.1) is 17.5 Å². The highest BCUT2D eigenvalue weighted by atomic mass is 32.2. The van der Waals surface area contributed by atoms with Crippen LogP contribution < -0.4 is 0 Å². The van der Waals surface area contributed by atoms with Crippen LogP contribution in [0.25, 0.3) is 0 Å². The standard InChI is InChI=1S/C16H16O2S/c1-2-18-16(17)13-19(14-9-5-3-6-10-14)15-11-7-4-8-12-15/h3-13H,2H2,1H3/p+1/b16-13+. The van der Waals surface area contributed by atoms with Crippen molar-refractivity contribution in [3.63, 3.8) is 0 Å². The molecule has 2 rings (SSSR count). The number of ether oxygens (including phenoxy) is 1. The van der Waals surface area contributed by atoms with Gasteiger partial charge >= 0.3 is 5.95 Å². The zero-order valence-electron chi connectivity index (χ0n) is 10.8. The molecule has 0 amide bonds. The third-order valence-electron chi connectivity index (χ3n) is 2.51. The highest BCUT2D eigenvalue weighted by molar-refractivity contribution is 7.99. The summed E-state index contributed by atoms with van der Waals surface area (Å²) in [7, 11) is -0.320. The quantitative estimate of drug-likeness (QED) is 0.656. The van der Waals surface area contributed by atoms with Gasteiger partial charge in [0.15, 0.2) is 9.79 Å². The highest BCUT2D eigenvalue weighted by Crippen LogP contribution is 2.25. The molecule has 0 bridgehead atoms. The van der Waals surface area contributed by atoms with Gasteiger partial charge < -0.3 is 9.84 Å². The molecule has 0 aromatic heterocycles. The van der Waals surface area contributed by atoms with Gasteiger partial charge in [-0.1, -0.05) is 36.4 Å². The second-order valence-electron chi connectivity index (χ2n) is 3.85. The van der Waals surface area contributed by atoms with Crippen LogP contribution in [-0.4, -0.2) is 11.7 Å². The molecule has 0 saturated carbocycles. The van der Waals surface area contributed by atoms with E-state index in [9.17, 15) is 5.11 Å². The smallest absolute Gasteiger partial charge is 0.327 e. The Kier molecular flexibility index (Phi) is 4.93. The van der Waals surface area contributed by atoms with Gasteiger partial charge in [-0.05, 0) is 31.2 Å². The topological polar surface area (TPSA) is 29.5 Å². The van der Waals surface area contributed by atoms with Gasteiger partial charge in [-0.25, -0.2) is 0 Å². The van der Waals surface area contributed by atoms with Crippen LogP contribution >= 0.6 is 0 Å². The predicted octanol–water partition coefficient (Wildman–Crippen LogP) is 4.12. The third-order valence-corrected chi connectivity index (χ3v) is 4.50. The maximum atomic E-state index is 9.79. The Hall–Kier alpha value is -1.87. The van der Waals surface area contributed by atoms with Crippen LogP contribution in [0.2, 0.25) is 0 Å². The zero-order chi connectivity index (χ0) is 13.5. The van der Waals surface area contributed by atoms with Crippen LogP contribution in [0, 0.1) is 0 Å². The molecule has 2 aromatic rings. The van der Waals surface area contributed by atoms with Crippen LogP contribution in [0.1, 0.15) is 6.92 Å². The van der Waals surface area contributed by atoms with E-state index < -0.39 is 0 Å². The Bertz CT molecular complexity index is 483. The van der Waals surface area contributed by atoms with Crippen molar-refractivity contribution in [3.05, 3.63) is 72.0 Å². The number of hydrogen-bond acceptors (Lipinski definition) is 2. The van der Waals surface area contributed by atoms with E-state index in [-0.39, 0.29) is 16.8 Å². The molecule has 2 aromatic carbocycles. The highest BCUT2D eigenvalue weighted by Gasteiger charge is 2.24. The van der Waals surface area contributed by atoms with Gasteiger partial charge in [0.25, 0.3) is 0 Å². The van der Waals surface area contributed by atoms with E-state index in [4.69, 9.17) is 4.74 Å². The fraction of sp³-hybridized carbons (Fsp3) is 0.125. The van der Waals surface area contributed by atoms with Crippen molar-refractivity contribution in [1.29, 1.82) is 0 Å². The fourth-order valence-corrected chi connectivity index (χ4v) is 3.40. The molecular weight excluding hydrogens is 256 g/mol. The van der Waals surface area contributed by atoms with Crippen molar-refractivity contribution < 1.29 is 9.84 Å². The first-order valence-electron chi connectivity index (χ1n) is 6.18. The summed E-state index contributed by atoms with van der Waals surface area (Å²) in [5, 5.41) is 11.6. The fourth-order valence-electron chi connectivity index (χ4n) is 1.69. The normalized spacial score (nSPS) is 11.6. The van der Waals surface area contributed by atoms with Crippen molar-refractivity contribution in [2.24, 2.45) is 0 Å². The van der Waals surface area contributed by atoms with Gasteiger partial charge in [-0.3, -0.25) is 0 Å². The van der Waals surface area contributed by atoms with E-state index in [0.29, 0.717) is 6.61 Å². The Balaban J connectivity index is 2.37. The maximum Gasteiger partial charge on any atom is 0.327 e. The Labute approximate surface area is 116 Å². The Morgan fingerprint density at radius 2 is 1.47 bits per heavy atom. The van der Waals surface area contributed by atoms with Crippen molar-refractivity contribution in [3.8, 4) is 0 Å². The van der Waals surface area contributed by atoms with Crippen molar-refractivity contribution >= 4 is 10.9 Å². The minimum atomic E-state index is -0.320. The average molecular weight is 273 g/mol. The molecule has 0 radical (unpaired) electrons. The summed E-state index contributed by atoms with van der Waals surface area (Å²) in [4.78, 5) is 2.31. The molecule has 2 nitrogen and oxygen atoms in total. The maximum absolute atomic E-state index is 9.79. The summed E-state index contributed by atoms with van der Waals surface area (Å²) in [6.07, 6.45) is 0. The zero-order valence-corrected chi connectivity index (χ0v) is 11.6. The van der Waals surface area contributed by atoms with E-state index in [1.165, 1.54) is 0 Å². The first kappa shape index (κ1) is 13.6. The van der Waals surface area contributed by atoms with Crippen LogP contribution in [0.15, 0.2) is 81.8 Å². The predicted molar refractivity (Wildman–Crippen MR) is 79.1 cm³/mol. The first-order chi connectivity index (χ1) is 9.31. The third kappa shape index (κ3) is 3.80. The molecule has 0 aliphatic rings. The summed E-state index contributed by atoms with van der Waals surface area (Å²) in [5.74, 6) is -0.0152. The van der Waals surface area contributed by atoms with Gasteiger partial charge in [-0.15, -0.1) is 0 Å². The second-order valence-corrected chi connectivity index (χ2v) is 5.71. The number of aliphatic hydroxyl groups is 1. The molecule has 0 aliphatic heterocycles. The first-order valence-corrected chi connectivity index (χ1v) is 7.47.